The van der Waals surface area contributed by atoms with Crippen LogP contribution in [0.4, 0.5) is 0 Å². The number of methoxy groups -OCH3 is 1. The van der Waals surface area contributed by atoms with E-state index in [-0.39, 0.29) is 24.0 Å². The summed E-state index contributed by atoms with van der Waals surface area (Å²) in [5, 5.41) is 0.338. The largest absolute Gasteiger partial charge is 0.378 e. The topological polar surface area (TPSA) is 84.4 Å². The Labute approximate surface area is 165 Å². The molecule has 2 aromatic rings. The summed E-state index contributed by atoms with van der Waals surface area (Å²) >= 11 is 1.13. The fourth-order valence-electron chi connectivity index (χ4n) is 3.18. The first-order valence-electron chi connectivity index (χ1n) is 8.70. The van der Waals surface area contributed by atoms with Crippen LogP contribution in [0.5, 0.6) is 0 Å². The number of aliphatic imine (C=N–C) groups is 1. The zero-order valence-corrected chi connectivity index (χ0v) is 15.9. The third kappa shape index (κ3) is 3.67. The minimum atomic E-state index is -0.338. The number of amides is 1. The Kier molecular flexibility index (Phi) is 5.18. The molecule has 1 atom stereocenters. The molecule has 0 radical (unpaired) electrons. The molecular formula is C21H17N3O3S. The molecule has 1 aromatic heterocycles. The van der Waals surface area contributed by atoms with Gasteiger partial charge in [0, 0.05) is 19.1 Å². The molecule has 1 amide bonds. The number of rotatable bonds is 5. The van der Waals surface area contributed by atoms with E-state index in [4.69, 9.17) is 4.74 Å². The van der Waals surface area contributed by atoms with Crippen molar-refractivity contribution in [3.8, 4) is 0 Å². The van der Waals surface area contributed by atoms with Crippen LogP contribution in [0.25, 0.3) is 5.57 Å². The number of benzene rings is 1. The molecule has 1 N–H and O–H groups in total. The SMILES string of the molecule is COCc1cc(=O)[nH]c(SC2=C(c3ccccc3)C3C=CC=CC3=NC2=O)n1. The molecule has 0 fully saturated rings. The summed E-state index contributed by atoms with van der Waals surface area (Å²) in [5.41, 5.74) is 2.72. The van der Waals surface area contributed by atoms with Crippen LogP contribution in [0.15, 0.2) is 80.6 Å². The van der Waals surface area contributed by atoms with Crippen molar-refractivity contribution in [2.45, 2.75) is 11.8 Å². The van der Waals surface area contributed by atoms with Gasteiger partial charge in [-0.1, -0.05) is 48.6 Å². The summed E-state index contributed by atoms with van der Waals surface area (Å²) in [6.45, 7) is 0.217. The monoisotopic (exact) mass is 391 g/mol. The molecular weight excluding hydrogens is 374 g/mol. The highest BCUT2D eigenvalue weighted by Crippen LogP contribution is 2.41. The van der Waals surface area contributed by atoms with Crippen molar-refractivity contribution in [3.05, 3.63) is 87.2 Å². The number of nitrogens with zero attached hydrogens (tertiary/aromatic N) is 2. The van der Waals surface area contributed by atoms with E-state index in [1.807, 2.05) is 54.6 Å². The Morgan fingerprint density at radius 2 is 2.00 bits per heavy atom. The number of carbonyl (C=O) groups excluding carboxylic acids is 1. The molecule has 0 saturated heterocycles. The Balaban J connectivity index is 1.83. The van der Waals surface area contributed by atoms with Gasteiger partial charge in [-0.3, -0.25) is 9.59 Å². The number of aromatic nitrogens is 2. The highest BCUT2D eigenvalue weighted by atomic mass is 32.2. The lowest BCUT2D eigenvalue weighted by molar-refractivity contribution is -0.113. The van der Waals surface area contributed by atoms with Crippen molar-refractivity contribution in [2.24, 2.45) is 10.9 Å². The number of hydrogen-bond acceptors (Lipinski definition) is 5. The predicted octanol–water partition coefficient (Wildman–Crippen LogP) is 3.14. The Bertz CT molecular complexity index is 1100. The second kappa shape index (κ2) is 7.92. The smallest absolute Gasteiger partial charge is 0.284 e. The fraction of sp³-hybridized carbons (Fsp3) is 0.143. The van der Waals surface area contributed by atoms with Crippen LogP contribution >= 0.6 is 11.8 Å². The minimum absolute atomic E-state index is 0.124. The predicted molar refractivity (Wildman–Crippen MR) is 109 cm³/mol. The molecule has 7 heteroatoms. The van der Waals surface area contributed by atoms with Gasteiger partial charge in [0.15, 0.2) is 5.16 Å². The fourth-order valence-corrected chi connectivity index (χ4v) is 4.18. The lowest BCUT2D eigenvalue weighted by Gasteiger charge is -2.26. The van der Waals surface area contributed by atoms with E-state index in [1.165, 1.54) is 13.2 Å². The van der Waals surface area contributed by atoms with Crippen LogP contribution in [0, 0.1) is 5.92 Å². The molecule has 1 unspecified atom stereocenters. The van der Waals surface area contributed by atoms with Crippen LogP contribution in [0.2, 0.25) is 0 Å². The van der Waals surface area contributed by atoms with Gasteiger partial charge in [-0.15, -0.1) is 0 Å². The van der Waals surface area contributed by atoms with Crippen molar-refractivity contribution >= 4 is 29.0 Å². The van der Waals surface area contributed by atoms with Crippen LogP contribution in [-0.4, -0.2) is 28.7 Å². The first-order chi connectivity index (χ1) is 13.7. The van der Waals surface area contributed by atoms with Gasteiger partial charge in [-0.2, -0.15) is 0 Å². The van der Waals surface area contributed by atoms with Crippen molar-refractivity contribution in [3.63, 3.8) is 0 Å². The van der Waals surface area contributed by atoms with Crippen molar-refractivity contribution in [2.75, 3.05) is 7.11 Å². The molecule has 1 aromatic carbocycles. The molecule has 0 saturated carbocycles. The number of thioether (sulfide) groups is 1. The summed E-state index contributed by atoms with van der Waals surface area (Å²) in [6.07, 6.45) is 7.69. The third-order valence-electron chi connectivity index (χ3n) is 4.33. The lowest BCUT2D eigenvalue weighted by Crippen LogP contribution is -2.23. The van der Waals surface area contributed by atoms with Crippen molar-refractivity contribution in [1.82, 2.24) is 9.97 Å². The van der Waals surface area contributed by atoms with Crippen molar-refractivity contribution in [1.29, 1.82) is 0 Å². The number of aromatic amines is 1. The maximum absolute atomic E-state index is 12.9. The van der Waals surface area contributed by atoms with Gasteiger partial charge in [0.25, 0.3) is 11.5 Å². The van der Waals surface area contributed by atoms with Crippen LogP contribution in [-0.2, 0) is 16.1 Å². The molecule has 140 valence electrons. The average Bonchev–Trinajstić information content (AvgIpc) is 2.69. The number of nitrogens with one attached hydrogen (secondary N) is 1. The number of carbonyl (C=O) groups is 1. The van der Waals surface area contributed by atoms with Gasteiger partial charge in [-0.05, 0) is 29.0 Å². The minimum Gasteiger partial charge on any atom is -0.378 e. The molecule has 2 aliphatic rings. The standard InChI is InChI=1S/C21H17N3O3S/c1-27-12-14-11-17(25)24-21(22-14)28-19-18(13-7-3-2-4-8-13)15-9-5-6-10-16(15)23-20(19)26/h2-11,15H,12H2,1H3,(H,22,24,25). The number of dihydropyridines is 1. The maximum atomic E-state index is 12.9. The molecule has 1 aliphatic carbocycles. The maximum Gasteiger partial charge on any atom is 0.284 e. The summed E-state index contributed by atoms with van der Waals surface area (Å²) in [4.78, 5) is 36.6. The number of allylic oxidation sites excluding steroid dienone is 5. The second-order valence-corrected chi connectivity index (χ2v) is 7.25. The molecule has 4 rings (SSSR count). The van der Waals surface area contributed by atoms with E-state index in [0.29, 0.717) is 21.5 Å². The zero-order chi connectivity index (χ0) is 19.5. The quantitative estimate of drug-likeness (QED) is 0.792. The summed E-state index contributed by atoms with van der Waals surface area (Å²) in [7, 11) is 1.54. The normalized spacial score (nSPS) is 18.2. The summed E-state index contributed by atoms with van der Waals surface area (Å²) in [6, 6.07) is 11.1. The second-order valence-electron chi connectivity index (χ2n) is 6.25. The molecule has 2 heterocycles. The summed E-state index contributed by atoms with van der Waals surface area (Å²) < 4.78 is 5.07. The average molecular weight is 391 g/mol. The van der Waals surface area contributed by atoms with Gasteiger partial charge in [0.2, 0.25) is 0 Å². The lowest BCUT2D eigenvalue weighted by atomic mass is 9.84. The van der Waals surface area contributed by atoms with Gasteiger partial charge in [0.05, 0.1) is 22.9 Å². The first-order valence-corrected chi connectivity index (χ1v) is 9.52. The van der Waals surface area contributed by atoms with E-state index < -0.39 is 0 Å². The third-order valence-corrected chi connectivity index (χ3v) is 5.31. The van der Waals surface area contributed by atoms with Gasteiger partial charge in [-0.25, -0.2) is 9.98 Å². The molecule has 0 spiro atoms. The Hall–Kier alpha value is -3.03. The van der Waals surface area contributed by atoms with Crippen LogP contribution < -0.4 is 5.56 Å². The van der Waals surface area contributed by atoms with Crippen molar-refractivity contribution < 1.29 is 9.53 Å². The number of fused-ring (bicyclic) bond motifs is 1. The Morgan fingerprint density at radius 3 is 2.79 bits per heavy atom. The highest BCUT2D eigenvalue weighted by Gasteiger charge is 2.32. The highest BCUT2D eigenvalue weighted by molar-refractivity contribution is 8.04. The van der Waals surface area contributed by atoms with Gasteiger partial charge < -0.3 is 9.72 Å². The van der Waals surface area contributed by atoms with Crippen LogP contribution in [0.3, 0.4) is 0 Å². The number of H-pyrrole nitrogens is 1. The summed E-state index contributed by atoms with van der Waals surface area (Å²) in [5.74, 6) is -0.462. The van der Waals surface area contributed by atoms with Crippen LogP contribution in [0.1, 0.15) is 11.3 Å². The zero-order valence-electron chi connectivity index (χ0n) is 15.1. The van der Waals surface area contributed by atoms with Gasteiger partial charge >= 0.3 is 0 Å². The number of hydrogen-bond donors (Lipinski definition) is 1. The van der Waals surface area contributed by atoms with Gasteiger partial charge in [0.1, 0.15) is 0 Å². The van der Waals surface area contributed by atoms with E-state index in [0.717, 1.165) is 22.9 Å². The molecule has 6 nitrogen and oxygen atoms in total. The number of ether oxygens (including phenoxy) is 1. The van der Waals surface area contributed by atoms with E-state index in [9.17, 15) is 9.59 Å². The first kappa shape index (κ1) is 18.3. The molecule has 28 heavy (non-hydrogen) atoms. The Morgan fingerprint density at radius 1 is 1.18 bits per heavy atom. The van der Waals surface area contributed by atoms with E-state index in [1.54, 1.807) is 0 Å². The molecule has 0 bridgehead atoms. The molecule has 1 aliphatic heterocycles. The van der Waals surface area contributed by atoms with E-state index >= 15 is 0 Å². The van der Waals surface area contributed by atoms with E-state index in [2.05, 4.69) is 15.0 Å².